The Labute approximate surface area is 201 Å². The average Bonchev–Trinajstić information content (AvgIpc) is 3.51. The Bertz CT molecular complexity index is 1360. The van der Waals surface area contributed by atoms with Crippen LogP contribution in [0.15, 0.2) is 36.5 Å². The Kier molecular flexibility index (Phi) is 5.55. The molecule has 2 fully saturated rings. The summed E-state index contributed by atoms with van der Waals surface area (Å²) in [4.78, 5) is 26.2. The molecule has 4 N–H and O–H groups in total. The van der Waals surface area contributed by atoms with Gasteiger partial charge in [-0.2, -0.15) is 10.2 Å². The Morgan fingerprint density at radius 1 is 1.20 bits per heavy atom. The molecule has 2 aliphatic rings. The first-order chi connectivity index (χ1) is 16.8. The quantitative estimate of drug-likeness (QED) is 0.547. The van der Waals surface area contributed by atoms with E-state index in [1.807, 2.05) is 0 Å². The van der Waals surface area contributed by atoms with Gasteiger partial charge in [-0.15, -0.1) is 0 Å². The molecule has 1 aromatic carbocycles. The lowest BCUT2D eigenvalue weighted by atomic mass is 9.65. The maximum absolute atomic E-state index is 13.2. The summed E-state index contributed by atoms with van der Waals surface area (Å²) >= 11 is 0. The zero-order valence-corrected chi connectivity index (χ0v) is 19.4. The predicted octanol–water partition coefficient (Wildman–Crippen LogP) is 2.19. The molecule has 35 heavy (non-hydrogen) atoms. The van der Waals surface area contributed by atoms with Crippen molar-refractivity contribution in [1.82, 2.24) is 24.5 Å². The summed E-state index contributed by atoms with van der Waals surface area (Å²) < 4.78 is 16.5. The molecule has 1 saturated carbocycles. The monoisotopic (exact) mass is 475 g/mol. The number of hydrogen-bond donors (Lipinski definition) is 2. The Balaban J connectivity index is 1.35. The van der Waals surface area contributed by atoms with Crippen molar-refractivity contribution in [1.29, 1.82) is 0 Å². The summed E-state index contributed by atoms with van der Waals surface area (Å²) in [5.41, 5.74) is 13.9. The summed E-state index contributed by atoms with van der Waals surface area (Å²) in [5, 5.41) is 9.20. The van der Waals surface area contributed by atoms with E-state index in [4.69, 9.17) is 11.5 Å². The van der Waals surface area contributed by atoms with E-state index in [0.717, 1.165) is 24.8 Å². The molecule has 1 aliphatic heterocycles. The number of nitrogens with two attached hydrogens (primary N) is 2. The van der Waals surface area contributed by atoms with E-state index in [9.17, 15) is 14.0 Å². The maximum atomic E-state index is 13.2. The largest absolute Gasteiger partial charge is 0.383 e. The molecule has 3 aromatic rings. The second-order valence-corrected chi connectivity index (χ2v) is 9.36. The van der Waals surface area contributed by atoms with Crippen LogP contribution >= 0.6 is 0 Å². The second kappa shape index (κ2) is 8.58. The fourth-order valence-electron chi connectivity index (χ4n) is 5.24. The van der Waals surface area contributed by atoms with Crippen LogP contribution in [0.3, 0.4) is 0 Å². The summed E-state index contributed by atoms with van der Waals surface area (Å²) in [6.45, 7) is 3.45. The minimum Gasteiger partial charge on any atom is -0.383 e. The third-order valence-corrected chi connectivity index (χ3v) is 6.98. The van der Waals surface area contributed by atoms with Crippen molar-refractivity contribution in [2.45, 2.75) is 38.8 Å². The summed E-state index contributed by atoms with van der Waals surface area (Å²) in [5.74, 6) is 4.40. The number of benzene rings is 1. The number of likely N-dealkylation sites (tertiary alicyclic amines) is 1. The molecule has 1 spiro atoms. The summed E-state index contributed by atoms with van der Waals surface area (Å²) in [6, 6.07) is 7.94. The number of primary amides is 1. The number of nitrogen functional groups attached to an aromatic ring is 1. The van der Waals surface area contributed by atoms with Crippen molar-refractivity contribution in [2.75, 3.05) is 18.8 Å². The molecule has 2 amide bonds. The van der Waals surface area contributed by atoms with Crippen LogP contribution in [-0.2, 0) is 11.3 Å². The molecule has 0 atom stereocenters. The SMILES string of the molecule is CC#CC(=O)N1CC[C@]2(C1)C[C@H](n1nc(-c3ccn(Cc4ccc(F)cc4)n3)c(C(N)=O)c1N)C2. The predicted molar refractivity (Wildman–Crippen MR) is 127 cm³/mol. The molecule has 180 valence electrons. The number of hydrogen-bond acceptors (Lipinski definition) is 5. The summed E-state index contributed by atoms with van der Waals surface area (Å²) in [6.07, 6.45) is 4.28. The molecular formula is C25H26FN7O2. The molecule has 0 unspecified atom stereocenters. The van der Waals surface area contributed by atoms with E-state index < -0.39 is 5.91 Å². The van der Waals surface area contributed by atoms with Crippen LogP contribution in [0.25, 0.3) is 11.4 Å². The van der Waals surface area contributed by atoms with Gasteiger partial charge in [-0.3, -0.25) is 14.3 Å². The fourth-order valence-corrected chi connectivity index (χ4v) is 5.24. The van der Waals surface area contributed by atoms with E-state index in [-0.39, 0.29) is 34.6 Å². The van der Waals surface area contributed by atoms with Crippen LogP contribution in [0.5, 0.6) is 0 Å². The number of halogens is 1. The first-order valence-corrected chi connectivity index (χ1v) is 11.5. The van der Waals surface area contributed by atoms with Crippen LogP contribution in [-0.4, -0.2) is 49.4 Å². The highest BCUT2D eigenvalue weighted by Gasteiger charge is 2.51. The maximum Gasteiger partial charge on any atom is 0.298 e. The van der Waals surface area contributed by atoms with E-state index in [0.29, 0.717) is 31.0 Å². The number of rotatable bonds is 5. The molecule has 3 heterocycles. The van der Waals surface area contributed by atoms with Gasteiger partial charge in [-0.05, 0) is 61.3 Å². The van der Waals surface area contributed by atoms with Gasteiger partial charge in [0.1, 0.15) is 28.6 Å². The van der Waals surface area contributed by atoms with Crippen molar-refractivity contribution in [3.05, 3.63) is 53.5 Å². The van der Waals surface area contributed by atoms with Crippen molar-refractivity contribution < 1.29 is 14.0 Å². The minimum absolute atomic E-state index is 0.00969. The molecule has 10 heteroatoms. The van der Waals surface area contributed by atoms with Gasteiger partial charge in [0.15, 0.2) is 0 Å². The van der Waals surface area contributed by atoms with Gasteiger partial charge in [0, 0.05) is 19.3 Å². The van der Waals surface area contributed by atoms with E-state index in [1.54, 1.807) is 45.6 Å². The number of aromatic nitrogens is 4. The lowest BCUT2D eigenvalue weighted by Crippen LogP contribution is -2.42. The van der Waals surface area contributed by atoms with Gasteiger partial charge in [0.05, 0.1) is 12.6 Å². The highest BCUT2D eigenvalue weighted by atomic mass is 19.1. The van der Waals surface area contributed by atoms with Gasteiger partial charge in [0.25, 0.3) is 11.8 Å². The zero-order chi connectivity index (χ0) is 24.7. The number of amides is 2. The normalized spacial score (nSPS) is 21.0. The van der Waals surface area contributed by atoms with Crippen LogP contribution in [0.4, 0.5) is 10.2 Å². The van der Waals surface area contributed by atoms with Crippen LogP contribution in [0.2, 0.25) is 0 Å². The summed E-state index contributed by atoms with van der Waals surface area (Å²) in [7, 11) is 0. The number of anilines is 1. The van der Waals surface area contributed by atoms with Crippen molar-refractivity contribution >= 4 is 17.6 Å². The molecule has 0 radical (unpaired) electrons. The van der Waals surface area contributed by atoms with E-state index in [1.165, 1.54) is 12.1 Å². The molecule has 1 saturated heterocycles. The highest BCUT2D eigenvalue weighted by Crippen LogP contribution is 2.54. The smallest absolute Gasteiger partial charge is 0.298 e. The lowest BCUT2D eigenvalue weighted by molar-refractivity contribution is -0.125. The Morgan fingerprint density at radius 3 is 2.63 bits per heavy atom. The first kappa shape index (κ1) is 22.7. The molecule has 9 nitrogen and oxygen atoms in total. The highest BCUT2D eigenvalue weighted by molar-refractivity contribution is 6.03. The van der Waals surface area contributed by atoms with Crippen molar-refractivity contribution in [3.8, 4) is 23.2 Å². The zero-order valence-electron chi connectivity index (χ0n) is 19.4. The van der Waals surface area contributed by atoms with Crippen molar-refractivity contribution in [3.63, 3.8) is 0 Å². The van der Waals surface area contributed by atoms with Crippen LogP contribution < -0.4 is 11.5 Å². The molecule has 1 aliphatic carbocycles. The Hall–Kier alpha value is -4.13. The van der Waals surface area contributed by atoms with Crippen LogP contribution in [0, 0.1) is 23.1 Å². The van der Waals surface area contributed by atoms with Crippen LogP contribution in [0.1, 0.15) is 48.1 Å². The first-order valence-electron chi connectivity index (χ1n) is 11.5. The third kappa shape index (κ3) is 4.14. The molecular weight excluding hydrogens is 449 g/mol. The second-order valence-electron chi connectivity index (χ2n) is 9.36. The van der Waals surface area contributed by atoms with E-state index in [2.05, 4.69) is 22.0 Å². The van der Waals surface area contributed by atoms with Gasteiger partial charge in [-0.1, -0.05) is 18.1 Å². The van der Waals surface area contributed by atoms with Gasteiger partial charge >= 0.3 is 0 Å². The Morgan fingerprint density at radius 2 is 1.94 bits per heavy atom. The van der Waals surface area contributed by atoms with Gasteiger partial charge in [0.2, 0.25) is 0 Å². The average molecular weight is 476 g/mol. The van der Waals surface area contributed by atoms with Gasteiger partial charge in [-0.25, -0.2) is 9.07 Å². The topological polar surface area (TPSA) is 125 Å². The van der Waals surface area contributed by atoms with Gasteiger partial charge < -0.3 is 16.4 Å². The lowest BCUT2D eigenvalue weighted by Gasteiger charge is -2.45. The third-order valence-electron chi connectivity index (χ3n) is 6.98. The minimum atomic E-state index is -0.665. The fraction of sp³-hybridized carbons (Fsp3) is 0.360. The molecule has 0 bridgehead atoms. The van der Waals surface area contributed by atoms with Crippen molar-refractivity contribution in [2.24, 2.45) is 11.1 Å². The molecule has 2 aromatic heterocycles. The standard InChI is InChI=1S/C25H26FN7O2/c1-2-3-20(34)31-11-9-25(15-31)12-18(13-25)33-23(27)21(24(28)35)22(30-33)19-8-10-32(29-19)14-16-4-6-17(26)7-5-16/h4-8,10,18H,9,11-15,27H2,1H3,(H2,28,35)/t18-,25-. The van der Waals surface area contributed by atoms with E-state index >= 15 is 0 Å². The number of carbonyl (C=O) groups is 2. The molecule has 5 rings (SSSR count). The number of nitrogens with zero attached hydrogens (tertiary/aromatic N) is 5. The number of carbonyl (C=O) groups excluding carboxylic acids is 2.